The van der Waals surface area contributed by atoms with Crippen molar-refractivity contribution in [3.63, 3.8) is 0 Å². The Labute approximate surface area is 116 Å². The number of rotatable bonds is 0. The van der Waals surface area contributed by atoms with E-state index in [4.69, 9.17) is 9.90 Å². The van der Waals surface area contributed by atoms with Crippen LogP contribution in [0.2, 0.25) is 0 Å². The van der Waals surface area contributed by atoms with Crippen LogP contribution in [0.15, 0.2) is 0 Å². The zero-order chi connectivity index (χ0) is 13.6. The van der Waals surface area contributed by atoms with Gasteiger partial charge in [-0.15, -0.1) is 0 Å². The summed E-state index contributed by atoms with van der Waals surface area (Å²) < 4.78 is 3.67. The standard InChI is InChI=1S/C13H22.C2H4O3.H3N/c1-12(2)11-5-9-4-10(6-11)8-13(12,3)7-9;1-5-2(3)4;/h9-11H,4-8H2,1-3H3;1H3,(H,3,4);1H3. The Bertz CT molecular complexity index is 326. The SMILES string of the molecule is CC12CC3CC(CC(C3)C1(C)C)C2.COC(=O)O.N. The van der Waals surface area contributed by atoms with Crippen molar-refractivity contribution in [3.8, 4) is 0 Å². The highest BCUT2D eigenvalue weighted by molar-refractivity contribution is 5.56. The van der Waals surface area contributed by atoms with Crippen LogP contribution in [-0.4, -0.2) is 18.4 Å². The summed E-state index contributed by atoms with van der Waals surface area (Å²) in [7, 11) is 1.10. The van der Waals surface area contributed by atoms with E-state index >= 15 is 0 Å². The molecule has 112 valence electrons. The maximum atomic E-state index is 9.15. The molecule has 0 heterocycles. The smallest absolute Gasteiger partial charge is 0.450 e. The molecule has 0 aliphatic heterocycles. The minimum absolute atomic E-state index is 0. The first-order chi connectivity index (χ1) is 8.28. The number of carbonyl (C=O) groups is 1. The van der Waals surface area contributed by atoms with Gasteiger partial charge in [-0.1, -0.05) is 20.8 Å². The highest BCUT2D eigenvalue weighted by Gasteiger charge is 2.58. The summed E-state index contributed by atoms with van der Waals surface area (Å²) in [6.07, 6.45) is 6.50. The molecule has 4 fully saturated rings. The van der Waals surface area contributed by atoms with Crippen LogP contribution in [0.3, 0.4) is 0 Å². The first kappa shape index (κ1) is 16.3. The Hall–Kier alpha value is -0.770. The molecule has 0 spiro atoms. The van der Waals surface area contributed by atoms with Gasteiger partial charge in [-0.2, -0.15) is 0 Å². The lowest BCUT2D eigenvalue weighted by Crippen LogP contribution is -2.56. The summed E-state index contributed by atoms with van der Waals surface area (Å²) in [5.41, 5.74) is 1.34. The first-order valence-electron chi connectivity index (χ1n) is 7.05. The highest BCUT2D eigenvalue weighted by Crippen LogP contribution is 2.67. The van der Waals surface area contributed by atoms with Crippen molar-refractivity contribution in [2.75, 3.05) is 7.11 Å². The molecule has 0 saturated heterocycles. The van der Waals surface area contributed by atoms with Crippen molar-refractivity contribution >= 4 is 6.16 Å². The van der Waals surface area contributed by atoms with Crippen molar-refractivity contribution in [3.05, 3.63) is 0 Å². The predicted octanol–water partition coefficient (Wildman–Crippen LogP) is 4.33. The van der Waals surface area contributed by atoms with Crippen molar-refractivity contribution in [1.29, 1.82) is 0 Å². The van der Waals surface area contributed by atoms with E-state index in [9.17, 15) is 0 Å². The minimum atomic E-state index is -1.25. The van der Waals surface area contributed by atoms with E-state index in [0.29, 0.717) is 10.8 Å². The molecular weight excluding hydrogens is 242 g/mol. The molecule has 2 atom stereocenters. The maximum Gasteiger partial charge on any atom is 0.505 e. The Morgan fingerprint density at radius 2 is 1.53 bits per heavy atom. The van der Waals surface area contributed by atoms with Crippen LogP contribution in [0.1, 0.15) is 52.9 Å². The van der Waals surface area contributed by atoms with Crippen molar-refractivity contribution < 1.29 is 14.6 Å². The third kappa shape index (κ3) is 2.73. The molecule has 4 bridgehead atoms. The Morgan fingerprint density at radius 3 is 1.84 bits per heavy atom. The van der Waals surface area contributed by atoms with Gasteiger partial charge in [-0.3, -0.25) is 0 Å². The number of ether oxygens (including phenoxy) is 1. The third-order valence-electron chi connectivity index (χ3n) is 6.13. The lowest BCUT2D eigenvalue weighted by molar-refractivity contribution is -0.149. The minimum Gasteiger partial charge on any atom is -0.450 e. The fourth-order valence-corrected chi connectivity index (χ4v) is 4.86. The normalized spacial score (nSPS) is 40.7. The van der Waals surface area contributed by atoms with E-state index in [2.05, 4.69) is 25.5 Å². The monoisotopic (exact) mass is 271 g/mol. The molecule has 2 unspecified atom stereocenters. The average molecular weight is 271 g/mol. The summed E-state index contributed by atoms with van der Waals surface area (Å²) in [5.74, 6) is 3.27. The second-order valence-electron chi connectivity index (χ2n) is 7.30. The zero-order valence-electron chi connectivity index (χ0n) is 12.7. The molecule has 4 rings (SSSR count). The summed E-state index contributed by atoms with van der Waals surface area (Å²) in [6, 6.07) is 0. The molecule has 0 radical (unpaired) electrons. The molecule has 19 heavy (non-hydrogen) atoms. The molecule has 4 aliphatic carbocycles. The summed E-state index contributed by atoms with van der Waals surface area (Å²) in [5, 5.41) is 7.50. The van der Waals surface area contributed by atoms with Gasteiger partial charge >= 0.3 is 6.16 Å². The lowest BCUT2D eigenvalue weighted by atomic mass is 9.40. The molecule has 0 aromatic rings. The van der Waals surface area contributed by atoms with E-state index in [1.807, 2.05) is 0 Å². The van der Waals surface area contributed by atoms with Crippen LogP contribution in [0.25, 0.3) is 0 Å². The van der Waals surface area contributed by atoms with E-state index < -0.39 is 6.16 Å². The molecule has 4 nitrogen and oxygen atoms in total. The van der Waals surface area contributed by atoms with E-state index in [1.54, 1.807) is 19.3 Å². The fraction of sp³-hybridized carbons (Fsp3) is 0.933. The van der Waals surface area contributed by atoms with Crippen LogP contribution in [0.4, 0.5) is 4.79 Å². The summed E-state index contributed by atoms with van der Waals surface area (Å²) >= 11 is 0. The van der Waals surface area contributed by atoms with Crippen LogP contribution in [0, 0.1) is 28.6 Å². The largest absolute Gasteiger partial charge is 0.505 e. The fourth-order valence-electron chi connectivity index (χ4n) is 4.86. The van der Waals surface area contributed by atoms with E-state index in [1.165, 1.54) is 12.8 Å². The Morgan fingerprint density at radius 1 is 1.11 bits per heavy atom. The Kier molecular flexibility index (Phi) is 4.55. The van der Waals surface area contributed by atoms with Gasteiger partial charge in [0, 0.05) is 0 Å². The molecule has 4 saturated carbocycles. The van der Waals surface area contributed by atoms with Crippen LogP contribution in [-0.2, 0) is 4.74 Å². The Balaban J connectivity index is 0.000000265. The summed E-state index contributed by atoms with van der Waals surface area (Å²) in [6.45, 7) is 7.64. The van der Waals surface area contributed by atoms with E-state index in [-0.39, 0.29) is 6.15 Å². The second kappa shape index (κ2) is 5.31. The average Bonchev–Trinajstić information content (AvgIpc) is 2.26. The topological polar surface area (TPSA) is 81.5 Å². The number of methoxy groups -OCH3 is 1. The van der Waals surface area contributed by atoms with Crippen molar-refractivity contribution in [2.24, 2.45) is 28.6 Å². The van der Waals surface area contributed by atoms with Gasteiger partial charge in [0.15, 0.2) is 0 Å². The molecule has 0 aromatic heterocycles. The number of carboxylic acid groups (broad SMARTS) is 1. The van der Waals surface area contributed by atoms with Gasteiger partial charge in [0.2, 0.25) is 0 Å². The lowest BCUT2D eigenvalue weighted by Gasteiger charge is -2.65. The maximum absolute atomic E-state index is 9.15. The zero-order valence-corrected chi connectivity index (χ0v) is 12.7. The van der Waals surface area contributed by atoms with Gasteiger partial charge < -0.3 is 16.0 Å². The molecule has 0 amide bonds. The predicted molar refractivity (Wildman–Crippen MR) is 75.5 cm³/mol. The van der Waals surface area contributed by atoms with Gasteiger partial charge in [0.25, 0.3) is 0 Å². The van der Waals surface area contributed by atoms with Crippen LogP contribution in [0.5, 0.6) is 0 Å². The molecule has 0 aromatic carbocycles. The number of hydrogen-bond acceptors (Lipinski definition) is 3. The molecular formula is C15H29NO3. The third-order valence-corrected chi connectivity index (χ3v) is 6.13. The van der Waals surface area contributed by atoms with Gasteiger partial charge in [-0.05, 0) is 60.7 Å². The molecule has 4 heteroatoms. The van der Waals surface area contributed by atoms with Crippen LogP contribution >= 0.6 is 0 Å². The quantitative estimate of drug-likeness (QED) is 0.642. The van der Waals surface area contributed by atoms with Gasteiger partial charge in [0.1, 0.15) is 0 Å². The number of hydrogen-bond donors (Lipinski definition) is 2. The summed E-state index contributed by atoms with van der Waals surface area (Å²) in [4.78, 5) is 9.15. The molecule has 4 aliphatic rings. The van der Waals surface area contributed by atoms with Crippen LogP contribution < -0.4 is 6.15 Å². The van der Waals surface area contributed by atoms with Gasteiger partial charge in [-0.25, -0.2) is 4.79 Å². The highest BCUT2D eigenvalue weighted by atomic mass is 16.6. The molecule has 4 N–H and O–H groups in total. The van der Waals surface area contributed by atoms with E-state index in [0.717, 1.165) is 24.9 Å². The first-order valence-corrected chi connectivity index (χ1v) is 7.05. The van der Waals surface area contributed by atoms with Crippen molar-refractivity contribution in [2.45, 2.75) is 52.9 Å². The van der Waals surface area contributed by atoms with Crippen molar-refractivity contribution in [1.82, 2.24) is 6.15 Å². The second-order valence-corrected chi connectivity index (χ2v) is 7.30. The van der Waals surface area contributed by atoms with Gasteiger partial charge in [0.05, 0.1) is 7.11 Å².